The lowest BCUT2D eigenvalue weighted by Gasteiger charge is -2.26. The molecule has 0 amide bonds. The summed E-state index contributed by atoms with van der Waals surface area (Å²) in [7, 11) is 0. The molecular formula is C13H26O. The summed E-state index contributed by atoms with van der Waals surface area (Å²) in [6.45, 7) is 4.52. The molecule has 1 rings (SSSR count). The fraction of sp³-hybridized carbons (Fsp3) is 1.00. The van der Waals surface area contributed by atoms with Gasteiger partial charge in [0, 0.05) is 0 Å². The molecule has 1 fully saturated rings. The molecule has 1 heteroatoms. The summed E-state index contributed by atoms with van der Waals surface area (Å²) in [5.41, 5.74) is -0.300. The van der Waals surface area contributed by atoms with E-state index in [9.17, 15) is 5.11 Å². The summed E-state index contributed by atoms with van der Waals surface area (Å²) >= 11 is 0. The van der Waals surface area contributed by atoms with Gasteiger partial charge in [-0.25, -0.2) is 0 Å². The minimum atomic E-state index is -0.300. The van der Waals surface area contributed by atoms with E-state index in [1.807, 2.05) is 0 Å². The van der Waals surface area contributed by atoms with Gasteiger partial charge >= 0.3 is 0 Å². The molecule has 0 unspecified atom stereocenters. The van der Waals surface area contributed by atoms with Gasteiger partial charge in [0.25, 0.3) is 0 Å². The Morgan fingerprint density at radius 1 is 1.07 bits per heavy atom. The number of rotatable bonds is 4. The van der Waals surface area contributed by atoms with E-state index in [-0.39, 0.29) is 5.60 Å². The van der Waals surface area contributed by atoms with Crippen LogP contribution in [0.25, 0.3) is 0 Å². The molecule has 0 atom stereocenters. The molecule has 0 spiro atoms. The maximum Gasteiger partial charge on any atom is 0.0647 e. The van der Waals surface area contributed by atoms with Crippen LogP contribution in [0.5, 0.6) is 0 Å². The van der Waals surface area contributed by atoms with E-state index in [1.54, 1.807) is 0 Å². The highest BCUT2D eigenvalue weighted by Crippen LogP contribution is 2.31. The third-order valence-electron chi connectivity index (χ3n) is 3.46. The number of aliphatic hydroxyl groups is 1. The molecule has 84 valence electrons. The van der Waals surface area contributed by atoms with Gasteiger partial charge in [-0.1, -0.05) is 52.4 Å². The lowest BCUT2D eigenvalue weighted by Crippen LogP contribution is -2.27. The van der Waals surface area contributed by atoms with Crippen molar-refractivity contribution in [2.45, 2.75) is 77.2 Å². The average Bonchev–Trinajstić information content (AvgIpc) is 2.30. The molecule has 0 saturated heterocycles. The van der Waals surface area contributed by atoms with Crippen molar-refractivity contribution in [1.82, 2.24) is 0 Å². The fourth-order valence-electron chi connectivity index (χ4n) is 2.48. The first kappa shape index (κ1) is 12.0. The average molecular weight is 198 g/mol. The van der Waals surface area contributed by atoms with E-state index >= 15 is 0 Å². The minimum absolute atomic E-state index is 0.300. The monoisotopic (exact) mass is 198 g/mol. The summed E-state index contributed by atoms with van der Waals surface area (Å²) in [5.74, 6) is 0.782. The normalized spacial score (nSPS) is 22.3. The van der Waals surface area contributed by atoms with Crippen LogP contribution in [0.1, 0.15) is 71.6 Å². The van der Waals surface area contributed by atoms with Gasteiger partial charge in [-0.15, -0.1) is 0 Å². The van der Waals surface area contributed by atoms with E-state index in [1.165, 1.54) is 38.5 Å². The Morgan fingerprint density at radius 2 is 1.64 bits per heavy atom. The van der Waals surface area contributed by atoms with E-state index in [4.69, 9.17) is 0 Å². The molecule has 0 bridgehead atoms. The van der Waals surface area contributed by atoms with Crippen molar-refractivity contribution in [3.63, 3.8) is 0 Å². The second kappa shape index (κ2) is 5.75. The summed E-state index contributed by atoms with van der Waals surface area (Å²) < 4.78 is 0. The maximum atomic E-state index is 10.4. The quantitative estimate of drug-likeness (QED) is 0.679. The largest absolute Gasteiger partial charge is 0.390 e. The van der Waals surface area contributed by atoms with Gasteiger partial charge in [0.15, 0.2) is 0 Å². The molecule has 1 aliphatic carbocycles. The van der Waals surface area contributed by atoms with Gasteiger partial charge in [-0.3, -0.25) is 0 Å². The van der Waals surface area contributed by atoms with Gasteiger partial charge in [0.05, 0.1) is 5.60 Å². The molecule has 0 aromatic carbocycles. The molecule has 14 heavy (non-hydrogen) atoms. The zero-order chi connectivity index (χ0) is 10.4. The van der Waals surface area contributed by atoms with E-state index < -0.39 is 0 Å². The van der Waals surface area contributed by atoms with Crippen molar-refractivity contribution in [2.24, 2.45) is 5.92 Å². The van der Waals surface area contributed by atoms with Crippen LogP contribution in [0.2, 0.25) is 0 Å². The molecule has 0 aromatic heterocycles. The summed E-state index contributed by atoms with van der Waals surface area (Å²) in [4.78, 5) is 0. The molecular weight excluding hydrogens is 172 g/mol. The van der Waals surface area contributed by atoms with Crippen LogP contribution in [0, 0.1) is 5.92 Å². The molecule has 1 N–H and O–H groups in total. The van der Waals surface area contributed by atoms with Gasteiger partial charge in [-0.2, -0.15) is 0 Å². The second-order valence-electron chi connectivity index (χ2n) is 5.42. The zero-order valence-electron chi connectivity index (χ0n) is 9.89. The van der Waals surface area contributed by atoms with Gasteiger partial charge in [0.1, 0.15) is 0 Å². The fourth-order valence-corrected chi connectivity index (χ4v) is 2.48. The summed E-state index contributed by atoms with van der Waals surface area (Å²) in [6.07, 6.45) is 10.7. The van der Waals surface area contributed by atoms with Crippen LogP contribution in [0.3, 0.4) is 0 Å². The molecule has 1 aliphatic rings. The van der Waals surface area contributed by atoms with Crippen LogP contribution in [-0.2, 0) is 0 Å². The predicted octanol–water partition coefficient (Wildman–Crippen LogP) is 3.90. The van der Waals surface area contributed by atoms with Gasteiger partial charge in [0.2, 0.25) is 0 Å². The predicted molar refractivity (Wildman–Crippen MR) is 61.3 cm³/mol. The highest BCUT2D eigenvalue weighted by Gasteiger charge is 2.26. The highest BCUT2D eigenvalue weighted by molar-refractivity contribution is 4.80. The first-order valence-electron chi connectivity index (χ1n) is 6.35. The van der Waals surface area contributed by atoms with Gasteiger partial charge in [-0.05, 0) is 25.2 Å². The van der Waals surface area contributed by atoms with Crippen LogP contribution in [-0.4, -0.2) is 10.7 Å². The molecule has 1 saturated carbocycles. The van der Waals surface area contributed by atoms with Crippen LogP contribution >= 0.6 is 0 Å². The Morgan fingerprint density at radius 3 is 2.14 bits per heavy atom. The van der Waals surface area contributed by atoms with E-state index in [2.05, 4.69) is 13.8 Å². The van der Waals surface area contributed by atoms with Crippen molar-refractivity contribution >= 4 is 0 Å². The Hall–Kier alpha value is -0.0400. The zero-order valence-corrected chi connectivity index (χ0v) is 9.89. The highest BCUT2D eigenvalue weighted by atomic mass is 16.3. The number of hydrogen-bond donors (Lipinski definition) is 1. The Bertz CT molecular complexity index is 143. The molecule has 0 heterocycles. The van der Waals surface area contributed by atoms with Gasteiger partial charge < -0.3 is 5.11 Å². The molecule has 1 nitrogen and oxygen atoms in total. The first-order valence-corrected chi connectivity index (χ1v) is 6.35. The molecule has 0 aliphatic heterocycles. The molecule has 0 aromatic rings. The van der Waals surface area contributed by atoms with Crippen LogP contribution in [0.4, 0.5) is 0 Å². The second-order valence-corrected chi connectivity index (χ2v) is 5.42. The topological polar surface area (TPSA) is 20.2 Å². The summed E-state index contributed by atoms with van der Waals surface area (Å²) in [6, 6.07) is 0. The Balaban J connectivity index is 2.24. The van der Waals surface area contributed by atoms with E-state index in [0.29, 0.717) is 0 Å². The lowest BCUT2D eigenvalue weighted by atomic mass is 9.88. The van der Waals surface area contributed by atoms with Crippen LogP contribution < -0.4 is 0 Å². The van der Waals surface area contributed by atoms with Crippen LogP contribution in [0.15, 0.2) is 0 Å². The number of hydrogen-bond acceptors (Lipinski definition) is 1. The maximum absolute atomic E-state index is 10.4. The van der Waals surface area contributed by atoms with Crippen molar-refractivity contribution < 1.29 is 5.11 Å². The van der Waals surface area contributed by atoms with Crippen molar-refractivity contribution in [2.75, 3.05) is 0 Å². The van der Waals surface area contributed by atoms with E-state index in [0.717, 1.165) is 25.2 Å². The SMILES string of the molecule is CC(C)CCCC1(O)CCCCCC1. The third-order valence-corrected chi connectivity index (χ3v) is 3.46. The van der Waals surface area contributed by atoms with Crippen molar-refractivity contribution in [3.05, 3.63) is 0 Å². The lowest BCUT2D eigenvalue weighted by molar-refractivity contribution is 0.0134. The van der Waals surface area contributed by atoms with Crippen molar-refractivity contribution in [3.8, 4) is 0 Å². The standard InChI is InChI=1S/C13H26O/c1-12(2)8-7-11-13(14)9-5-3-4-6-10-13/h12,14H,3-11H2,1-2H3. The first-order chi connectivity index (χ1) is 6.62. The third kappa shape index (κ3) is 4.45. The van der Waals surface area contributed by atoms with Crippen molar-refractivity contribution in [1.29, 1.82) is 0 Å². The Kier molecular flexibility index (Phi) is 4.94. The Labute approximate surface area is 88.9 Å². The molecule has 0 radical (unpaired) electrons. The summed E-state index contributed by atoms with van der Waals surface area (Å²) in [5, 5.41) is 10.4. The minimum Gasteiger partial charge on any atom is -0.390 e. The smallest absolute Gasteiger partial charge is 0.0647 e.